The van der Waals surface area contributed by atoms with E-state index >= 15 is 0 Å². The Balaban J connectivity index is 1.54. The van der Waals surface area contributed by atoms with Crippen LogP contribution in [0.15, 0.2) is 10.6 Å². The number of nitrogens with two attached hydrogens (primary N) is 1. The van der Waals surface area contributed by atoms with Gasteiger partial charge in [0.1, 0.15) is 0 Å². The van der Waals surface area contributed by atoms with Crippen LogP contribution in [-0.4, -0.2) is 29.2 Å². The van der Waals surface area contributed by atoms with Crippen LogP contribution in [0.1, 0.15) is 51.0 Å². The topological polar surface area (TPSA) is 55.3 Å². The molecule has 0 amide bonds. The molecule has 2 N–H and O–H groups in total. The first-order chi connectivity index (χ1) is 9.55. The predicted octanol–water partition coefficient (Wildman–Crippen LogP) is 2.58. The molecule has 2 unspecified atom stereocenters. The van der Waals surface area contributed by atoms with Crippen molar-refractivity contribution >= 4 is 0 Å². The second-order valence-electron chi connectivity index (χ2n) is 7.19. The molecule has 2 aliphatic rings. The lowest BCUT2D eigenvalue weighted by molar-refractivity contribution is 0.0370. The van der Waals surface area contributed by atoms with E-state index < -0.39 is 0 Å². The maximum Gasteiger partial charge on any atom is 0.150 e. The van der Waals surface area contributed by atoms with Gasteiger partial charge in [0.05, 0.1) is 12.2 Å². The summed E-state index contributed by atoms with van der Waals surface area (Å²) in [5, 5.41) is 4.25. The molecule has 2 heterocycles. The number of hydrogen-bond donors (Lipinski definition) is 1. The molecule has 2 atom stereocenters. The summed E-state index contributed by atoms with van der Waals surface area (Å²) in [4.78, 5) is 2.47. The number of piperidine rings is 1. The molecule has 1 aliphatic carbocycles. The minimum atomic E-state index is 0.242. The first-order valence-corrected chi connectivity index (χ1v) is 7.98. The van der Waals surface area contributed by atoms with Crippen molar-refractivity contribution in [3.63, 3.8) is 0 Å². The highest BCUT2D eigenvalue weighted by Crippen LogP contribution is 2.46. The lowest BCUT2D eigenvalue weighted by Gasteiger charge is -2.50. The maximum atomic E-state index is 6.08. The normalized spacial score (nSPS) is 30.1. The van der Waals surface area contributed by atoms with E-state index in [1.165, 1.54) is 32.4 Å². The van der Waals surface area contributed by atoms with Crippen molar-refractivity contribution in [2.24, 2.45) is 17.1 Å². The zero-order chi connectivity index (χ0) is 14.2. The molecule has 112 valence electrons. The van der Waals surface area contributed by atoms with Gasteiger partial charge in [0.2, 0.25) is 0 Å². The predicted molar refractivity (Wildman–Crippen MR) is 79.2 cm³/mol. The fourth-order valence-corrected chi connectivity index (χ4v) is 3.52. The molecule has 1 aromatic heterocycles. The van der Waals surface area contributed by atoms with E-state index in [2.05, 4.69) is 30.0 Å². The van der Waals surface area contributed by atoms with Crippen LogP contribution >= 0.6 is 0 Å². The summed E-state index contributed by atoms with van der Waals surface area (Å²) in [6.07, 6.45) is 6.12. The molecule has 0 bridgehead atoms. The molecule has 4 heteroatoms. The van der Waals surface area contributed by atoms with E-state index in [0.29, 0.717) is 12.0 Å². The Morgan fingerprint density at radius 3 is 2.75 bits per heavy atom. The summed E-state index contributed by atoms with van der Waals surface area (Å²) in [5.41, 5.74) is 7.42. The Bertz CT molecular complexity index is 448. The van der Waals surface area contributed by atoms with Crippen LogP contribution in [0.5, 0.6) is 0 Å². The van der Waals surface area contributed by atoms with E-state index in [0.717, 1.165) is 30.8 Å². The molecule has 0 aromatic carbocycles. The fourth-order valence-electron chi connectivity index (χ4n) is 3.52. The average molecular weight is 277 g/mol. The largest absolute Gasteiger partial charge is 0.360 e. The van der Waals surface area contributed by atoms with Gasteiger partial charge in [-0.3, -0.25) is 4.90 Å². The third-order valence-corrected chi connectivity index (χ3v) is 5.44. The Hall–Kier alpha value is -0.870. The van der Waals surface area contributed by atoms with Crippen LogP contribution in [0, 0.1) is 11.3 Å². The lowest BCUT2D eigenvalue weighted by atomic mass is 9.57. The monoisotopic (exact) mass is 277 g/mol. The van der Waals surface area contributed by atoms with E-state index in [9.17, 15) is 0 Å². The van der Waals surface area contributed by atoms with Crippen LogP contribution in [0.3, 0.4) is 0 Å². The molecule has 1 aliphatic heterocycles. The SMILES string of the molecule is CC1(C)C(N)CC1Cc1cc(CN2CCCCC2)on1. The zero-order valence-electron chi connectivity index (χ0n) is 12.8. The van der Waals surface area contributed by atoms with Crippen LogP contribution in [-0.2, 0) is 13.0 Å². The smallest absolute Gasteiger partial charge is 0.150 e. The van der Waals surface area contributed by atoms with E-state index in [1.807, 2.05) is 0 Å². The van der Waals surface area contributed by atoms with Gasteiger partial charge >= 0.3 is 0 Å². The van der Waals surface area contributed by atoms with Crippen molar-refractivity contribution < 1.29 is 4.52 Å². The molecule has 1 aromatic rings. The van der Waals surface area contributed by atoms with Gasteiger partial charge in [0.15, 0.2) is 5.76 Å². The molecule has 0 radical (unpaired) electrons. The molecule has 3 rings (SSSR count). The Kier molecular flexibility index (Phi) is 3.87. The number of nitrogens with zero attached hydrogens (tertiary/aromatic N) is 2. The summed E-state index contributed by atoms with van der Waals surface area (Å²) >= 11 is 0. The molecule has 2 fully saturated rings. The van der Waals surface area contributed by atoms with Gasteiger partial charge in [-0.2, -0.15) is 0 Å². The summed E-state index contributed by atoms with van der Waals surface area (Å²) < 4.78 is 5.51. The maximum absolute atomic E-state index is 6.08. The van der Waals surface area contributed by atoms with Crippen LogP contribution in [0.4, 0.5) is 0 Å². The third-order valence-electron chi connectivity index (χ3n) is 5.44. The number of rotatable bonds is 4. The zero-order valence-corrected chi connectivity index (χ0v) is 12.8. The van der Waals surface area contributed by atoms with Gasteiger partial charge < -0.3 is 10.3 Å². The van der Waals surface area contributed by atoms with Gasteiger partial charge in [-0.1, -0.05) is 25.4 Å². The number of hydrogen-bond acceptors (Lipinski definition) is 4. The van der Waals surface area contributed by atoms with E-state index in [4.69, 9.17) is 10.3 Å². The van der Waals surface area contributed by atoms with Crippen molar-refractivity contribution in [2.75, 3.05) is 13.1 Å². The van der Waals surface area contributed by atoms with E-state index in [-0.39, 0.29) is 5.41 Å². The van der Waals surface area contributed by atoms with Crippen molar-refractivity contribution in [2.45, 2.75) is 58.5 Å². The molecule has 20 heavy (non-hydrogen) atoms. The third kappa shape index (κ3) is 2.77. The first kappa shape index (κ1) is 14.1. The van der Waals surface area contributed by atoms with Crippen molar-refractivity contribution in [3.05, 3.63) is 17.5 Å². The summed E-state index contributed by atoms with van der Waals surface area (Å²) in [7, 11) is 0. The molecule has 4 nitrogen and oxygen atoms in total. The summed E-state index contributed by atoms with van der Waals surface area (Å²) in [5.74, 6) is 1.66. The number of likely N-dealkylation sites (tertiary alicyclic amines) is 1. The lowest BCUT2D eigenvalue weighted by Crippen LogP contribution is -2.55. The molecule has 1 saturated carbocycles. The fraction of sp³-hybridized carbons (Fsp3) is 0.812. The second kappa shape index (κ2) is 5.49. The van der Waals surface area contributed by atoms with E-state index in [1.54, 1.807) is 0 Å². The van der Waals surface area contributed by atoms with Crippen LogP contribution < -0.4 is 5.73 Å². The van der Waals surface area contributed by atoms with Crippen LogP contribution in [0.25, 0.3) is 0 Å². The molecule has 0 spiro atoms. The second-order valence-corrected chi connectivity index (χ2v) is 7.19. The van der Waals surface area contributed by atoms with Gasteiger partial charge in [-0.15, -0.1) is 0 Å². The average Bonchev–Trinajstić information content (AvgIpc) is 2.87. The van der Waals surface area contributed by atoms with Crippen molar-refractivity contribution in [1.82, 2.24) is 10.1 Å². The Morgan fingerprint density at radius 1 is 1.35 bits per heavy atom. The Morgan fingerprint density at radius 2 is 2.10 bits per heavy atom. The molecular weight excluding hydrogens is 250 g/mol. The first-order valence-electron chi connectivity index (χ1n) is 7.98. The highest BCUT2D eigenvalue weighted by Gasteiger charge is 2.45. The van der Waals surface area contributed by atoms with Gasteiger partial charge in [0, 0.05) is 12.1 Å². The molecular formula is C16H27N3O. The van der Waals surface area contributed by atoms with Crippen molar-refractivity contribution in [3.8, 4) is 0 Å². The minimum Gasteiger partial charge on any atom is -0.360 e. The summed E-state index contributed by atoms with van der Waals surface area (Å²) in [6, 6.07) is 2.49. The quantitative estimate of drug-likeness (QED) is 0.919. The van der Waals surface area contributed by atoms with Gasteiger partial charge in [-0.25, -0.2) is 0 Å². The Labute approximate surface area is 121 Å². The van der Waals surface area contributed by atoms with Crippen LogP contribution in [0.2, 0.25) is 0 Å². The van der Waals surface area contributed by atoms with Gasteiger partial charge in [0.25, 0.3) is 0 Å². The molecule has 1 saturated heterocycles. The van der Waals surface area contributed by atoms with Gasteiger partial charge in [-0.05, 0) is 50.1 Å². The van der Waals surface area contributed by atoms with Crippen molar-refractivity contribution in [1.29, 1.82) is 0 Å². The number of aromatic nitrogens is 1. The standard InChI is InChI=1S/C16H27N3O/c1-16(2)12(9-15(16)17)8-13-10-14(20-18-13)11-19-6-4-3-5-7-19/h10,12,15H,3-9,11,17H2,1-2H3. The summed E-state index contributed by atoms with van der Waals surface area (Å²) in [6.45, 7) is 7.84. The highest BCUT2D eigenvalue weighted by molar-refractivity contribution is 5.11. The highest BCUT2D eigenvalue weighted by atomic mass is 16.5. The minimum absolute atomic E-state index is 0.242.